The molecule has 0 spiro atoms. The highest BCUT2D eigenvalue weighted by atomic mass is 32.1. The highest BCUT2D eigenvalue weighted by Crippen LogP contribution is 2.45. The summed E-state index contributed by atoms with van der Waals surface area (Å²) in [6, 6.07) is 8.69. The monoisotopic (exact) mass is 381 g/mol. The van der Waals surface area contributed by atoms with Crippen molar-refractivity contribution in [3.05, 3.63) is 57.5 Å². The van der Waals surface area contributed by atoms with E-state index in [9.17, 15) is 4.79 Å². The number of ether oxygens (including phenoxy) is 1. The van der Waals surface area contributed by atoms with Crippen LogP contribution in [0.4, 0.5) is 0 Å². The third-order valence-electron chi connectivity index (χ3n) is 6.23. The van der Waals surface area contributed by atoms with E-state index in [-0.39, 0.29) is 5.56 Å². The first-order chi connectivity index (χ1) is 13.3. The second-order valence-corrected chi connectivity index (χ2v) is 8.43. The van der Waals surface area contributed by atoms with Gasteiger partial charge < -0.3 is 10.1 Å². The lowest BCUT2D eigenvalue weighted by Gasteiger charge is -2.32. The van der Waals surface area contributed by atoms with Crippen LogP contribution in [0.1, 0.15) is 29.9 Å². The molecule has 3 heterocycles. The van der Waals surface area contributed by atoms with Crippen LogP contribution in [0, 0.1) is 5.92 Å². The molecule has 1 N–H and O–H groups in total. The summed E-state index contributed by atoms with van der Waals surface area (Å²) in [5.74, 6) is 2.18. The second kappa shape index (κ2) is 6.77. The van der Waals surface area contributed by atoms with Crippen LogP contribution in [-0.2, 0) is 13.0 Å². The highest BCUT2D eigenvalue weighted by Gasteiger charge is 2.40. The second-order valence-electron chi connectivity index (χ2n) is 7.54. The van der Waals surface area contributed by atoms with Gasteiger partial charge in [0.15, 0.2) is 0 Å². The van der Waals surface area contributed by atoms with Crippen molar-refractivity contribution in [1.82, 2.24) is 14.9 Å². The Labute approximate surface area is 162 Å². The minimum Gasteiger partial charge on any atom is -0.496 e. The van der Waals surface area contributed by atoms with E-state index in [1.807, 2.05) is 11.4 Å². The lowest BCUT2D eigenvalue weighted by atomic mass is 9.73. The van der Waals surface area contributed by atoms with Gasteiger partial charge in [0.05, 0.1) is 18.8 Å². The molecule has 140 valence electrons. The molecule has 5 nitrogen and oxygen atoms in total. The topological polar surface area (TPSA) is 56.1 Å². The maximum Gasteiger partial charge on any atom is 0.262 e. The van der Waals surface area contributed by atoms with Gasteiger partial charge in [-0.3, -0.25) is 9.36 Å². The van der Waals surface area contributed by atoms with Crippen LogP contribution in [0.3, 0.4) is 0 Å². The molecule has 3 aromatic rings. The predicted molar refractivity (Wildman–Crippen MR) is 108 cm³/mol. The quantitative estimate of drug-likeness (QED) is 0.754. The third-order valence-corrected chi connectivity index (χ3v) is 7.05. The summed E-state index contributed by atoms with van der Waals surface area (Å²) in [6.07, 6.45) is 4.91. The van der Waals surface area contributed by atoms with Gasteiger partial charge in [-0.1, -0.05) is 12.1 Å². The summed E-state index contributed by atoms with van der Waals surface area (Å²) in [6.45, 7) is 1.75. The molecule has 2 aliphatic rings. The van der Waals surface area contributed by atoms with Crippen molar-refractivity contribution in [2.45, 2.75) is 37.8 Å². The Morgan fingerprint density at radius 1 is 1.37 bits per heavy atom. The Hall–Kier alpha value is -2.18. The largest absolute Gasteiger partial charge is 0.496 e. The summed E-state index contributed by atoms with van der Waals surface area (Å²) >= 11 is 1.52. The molecule has 3 atom stereocenters. The fourth-order valence-electron chi connectivity index (χ4n) is 4.93. The van der Waals surface area contributed by atoms with Crippen LogP contribution in [-0.4, -0.2) is 29.2 Å². The van der Waals surface area contributed by atoms with Crippen LogP contribution in [0.2, 0.25) is 0 Å². The van der Waals surface area contributed by atoms with Gasteiger partial charge in [-0.25, -0.2) is 4.98 Å². The van der Waals surface area contributed by atoms with Crippen molar-refractivity contribution >= 4 is 21.6 Å². The Morgan fingerprint density at radius 3 is 3.19 bits per heavy atom. The lowest BCUT2D eigenvalue weighted by molar-refractivity contribution is 0.371. The van der Waals surface area contributed by atoms with Gasteiger partial charge >= 0.3 is 0 Å². The fraction of sp³-hybridized carbons (Fsp3) is 0.429. The number of hydrogen-bond donors (Lipinski definition) is 1. The van der Waals surface area contributed by atoms with Gasteiger partial charge in [0.25, 0.3) is 5.56 Å². The number of nitrogens with zero attached hydrogens (tertiary/aromatic N) is 2. The Kier molecular flexibility index (Phi) is 4.25. The summed E-state index contributed by atoms with van der Waals surface area (Å²) in [4.78, 5) is 17.9. The van der Waals surface area contributed by atoms with Crippen molar-refractivity contribution in [3.8, 4) is 5.75 Å². The molecule has 27 heavy (non-hydrogen) atoms. The number of fused-ring (bicyclic) bond motifs is 4. The molecule has 2 aromatic heterocycles. The van der Waals surface area contributed by atoms with Gasteiger partial charge in [-0.2, -0.15) is 0 Å². The molecule has 1 saturated heterocycles. The molecule has 1 aliphatic heterocycles. The molecular weight excluding hydrogens is 358 g/mol. The number of aromatic nitrogens is 2. The molecule has 1 fully saturated rings. The van der Waals surface area contributed by atoms with Crippen LogP contribution in [0.25, 0.3) is 10.2 Å². The molecule has 1 aliphatic carbocycles. The zero-order valence-electron chi connectivity index (χ0n) is 15.4. The van der Waals surface area contributed by atoms with Crippen LogP contribution in [0.5, 0.6) is 5.75 Å². The van der Waals surface area contributed by atoms with E-state index < -0.39 is 0 Å². The molecule has 0 bridgehead atoms. The summed E-state index contributed by atoms with van der Waals surface area (Å²) in [5, 5.41) is 6.38. The molecule has 1 unspecified atom stereocenters. The number of methoxy groups -OCH3 is 1. The van der Waals surface area contributed by atoms with E-state index >= 15 is 0 Å². The Morgan fingerprint density at radius 2 is 2.30 bits per heavy atom. The minimum atomic E-state index is 0.0708. The first-order valence-electron chi connectivity index (χ1n) is 9.58. The number of thiophene rings is 1. The standard InChI is InChI=1S/C21H23N3O2S/c1-26-18-4-2-3-15-14(18)6-5-13-11-22-17(19(13)15)7-9-24-12-23-20-16(21(24)25)8-10-27-20/h2-4,8,10,12-13,17,19,22H,5-7,9,11H2,1H3/t13-,17?,19+/m0/s1. The molecule has 0 amide bonds. The number of nitrogens with one attached hydrogen (secondary N) is 1. The third kappa shape index (κ3) is 2.78. The maximum absolute atomic E-state index is 12.7. The lowest BCUT2D eigenvalue weighted by Crippen LogP contribution is -2.31. The van der Waals surface area contributed by atoms with Crippen LogP contribution >= 0.6 is 11.3 Å². The summed E-state index contributed by atoms with van der Waals surface area (Å²) in [5.41, 5.74) is 2.87. The number of benzene rings is 1. The van der Waals surface area contributed by atoms with E-state index in [0.29, 0.717) is 24.4 Å². The minimum absolute atomic E-state index is 0.0708. The van der Waals surface area contributed by atoms with E-state index in [1.54, 1.807) is 18.0 Å². The van der Waals surface area contributed by atoms with Crippen molar-refractivity contribution in [2.24, 2.45) is 5.92 Å². The van der Waals surface area contributed by atoms with Crippen molar-refractivity contribution in [1.29, 1.82) is 0 Å². The maximum atomic E-state index is 12.7. The molecule has 5 rings (SSSR count). The van der Waals surface area contributed by atoms with Gasteiger partial charge in [-0.15, -0.1) is 11.3 Å². The zero-order chi connectivity index (χ0) is 18.4. The Bertz CT molecular complexity index is 1040. The number of rotatable bonds is 4. The highest BCUT2D eigenvalue weighted by molar-refractivity contribution is 7.16. The van der Waals surface area contributed by atoms with Crippen molar-refractivity contribution in [3.63, 3.8) is 0 Å². The fourth-order valence-corrected chi connectivity index (χ4v) is 5.66. The van der Waals surface area contributed by atoms with Crippen LogP contribution in [0.15, 0.2) is 40.8 Å². The molecule has 0 saturated carbocycles. The van der Waals surface area contributed by atoms with E-state index in [2.05, 4.69) is 28.5 Å². The predicted octanol–water partition coefficient (Wildman–Crippen LogP) is 3.17. The number of hydrogen-bond acceptors (Lipinski definition) is 5. The zero-order valence-corrected chi connectivity index (χ0v) is 16.2. The van der Waals surface area contributed by atoms with Gasteiger partial charge in [-0.05, 0) is 60.4 Å². The van der Waals surface area contributed by atoms with Gasteiger partial charge in [0.1, 0.15) is 10.6 Å². The molecule has 0 radical (unpaired) electrons. The average Bonchev–Trinajstić information content (AvgIpc) is 3.34. The van der Waals surface area contributed by atoms with Crippen LogP contribution < -0.4 is 15.6 Å². The first kappa shape index (κ1) is 17.0. The average molecular weight is 382 g/mol. The normalized spacial score (nSPS) is 24.0. The van der Waals surface area contributed by atoms with Crippen molar-refractivity contribution < 1.29 is 4.74 Å². The van der Waals surface area contributed by atoms with E-state index in [1.165, 1.54) is 28.9 Å². The van der Waals surface area contributed by atoms with E-state index in [4.69, 9.17) is 4.74 Å². The van der Waals surface area contributed by atoms with Gasteiger partial charge in [0, 0.05) is 18.5 Å². The van der Waals surface area contributed by atoms with Gasteiger partial charge in [0.2, 0.25) is 0 Å². The number of aryl methyl sites for hydroxylation is 1. The molecular formula is C21H23N3O2S. The first-order valence-corrected chi connectivity index (χ1v) is 10.5. The molecule has 1 aromatic carbocycles. The van der Waals surface area contributed by atoms with E-state index in [0.717, 1.165) is 35.4 Å². The summed E-state index contributed by atoms with van der Waals surface area (Å²) < 4.78 is 7.36. The SMILES string of the molecule is COc1cccc2c1CC[C@H]1CNC(CCn3cnc4sccc4c3=O)[C@@H]21. The molecule has 6 heteroatoms. The smallest absolute Gasteiger partial charge is 0.262 e. The Balaban J connectivity index is 1.41. The van der Waals surface area contributed by atoms with Crippen molar-refractivity contribution in [2.75, 3.05) is 13.7 Å². The summed E-state index contributed by atoms with van der Waals surface area (Å²) in [7, 11) is 1.76.